The summed E-state index contributed by atoms with van der Waals surface area (Å²) in [5.41, 5.74) is 2.01. The SMILES string of the molecule is COCOC[C@@H](O)[C@@H](O[Si](C)(C)C(C)(C)C)c1cncn1Cc1ccccc1. The van der Waals surface area contributed by atoms with Crippen molar-refractivity contribution in [2.45, 2.75) is 57.7 Å². The Balaban J connectivity index is 2.30. The molecule has 1 N–H and O–H groups in total. The molecule has 1 heterocycles. The summed E-state index contributed by atoms with van der Waals surface area (Å²) in [6.07, 6.45) is 2.22. The average Bonchev–Trinajstić information content (AvgIpc) is 3.07. The molecule has 0 saturated carbocycles. The van der Waals surface area contributed by atoms with Gasteiger partial charge in [-0.25, -0.2) is 4.98 Å². The van der Waals surface area contributed by atoms with Gasteiger partial charge in [0.05, 0.1) is 24.8 Å². The van der Waals surface area contributed by atoms with Crippen molar-refractivity contribution in [2.75, 3.05) is 20.5 Å². The molecule has 1 aromatic heterocycles. The summed E-state index contributed by atoms with van der Waals surface area (Å²) in [4.78, 5) is 4.33. The molecule has 0 radical (unpaired) electrons. The lowest BCUT2D eigenvalue weighted by Gasteiger charge is -2.40. The molecular weight excluding hydrogens is 372 g/mol. The molecule has 0 fully saturated rings. The number of aromatic nitrogens is 2. The van der Waals surface area contributed by atoms with Crippen LogP contribution in [0.4, 0.5) is 0 Å². The van der Waals surface area contributed by atoms with Gasteiger partial charge in [-0.2, -0.15) is 0 Å². The molecule has 0 saturated heterocycles. The average molecular weight is 407 g/mol. The highest BCUT2D eigenvalue weighted by Gasteiger charge is 2.41. The minimum atomic E-state index is -2.14. The van der Waals surface area contributed by atoms with Crippen LogP contribution in [-0.2, 0) is 20.4 Å². The molecule has 156 valence electrons. The second-order valence-corrected chi connectivity index (χ2v) is 13.3. The van der Waals surface area contributed by atoms with E-state index in [-0.39, 0.29) is 18.4 Å². The Bertz CT molecular complexity index is 713. The van der Waals surface area contributed by atoms with Gasteiger partial charge in [0.2, 0.25) is 0 Å². The monoisotopic (exact) mass is 406 g/mol. The van der Waals surface area contributed by atoms with Gasteiger partial charge in [0.25, 0.3) is 0 Å². The largest absolute Gasteiger partial charge is 0.406 e. The molecule has 0 bridgehead atoms. The van der Waals surface area contributed by atoms with Gasteiger partial charge >= 0.3 is 0 Å². The lowest BCUT2D eigenvalue weighted by molar-refractivity contribution is -0.0884. The Kier molecular flexibility index (Phi) is 7.97. The van der Waals surface area contributed by atoms with E-state index in [1.807, 2.05) is 22.8 Å². The maximum atomic E-state index is 10.9. The standard InChI is InChI=1S/C21H34N2O4Si/c1-21(2,3)28(5,6)27-20(19(24)14-26-16-25-4)18-12-22-15-23(18)13-17-10-8-7-9-11-17/h7-12,15,19-20,24H,13-14,16H2,1-6H3/t19-,20+/m1/s1. The molecule has 2 aromatic rings. The number of rotatable bonds is 10. The Labute approximate surface area is 169 Å². The summed E-state index contributed by atoms with van der Waals surface area (Å²) in [6, 6.07) is 10.2. The summed E-state index contributed by atoms with van der Waals surface area (Å²) in [5.74, 6) is 0. The molecule has 0 aliphatic heterocycles. The van der Waals surface area contributed by atoms with Gasteiger partial charge in [-0.15, -0.1) is 0 Å². The minimum Gasteiger partial charge on any atom is -0.406 e. The van der Waals surface area contributed by atoms with Crippen LogP contribution in [0.5, 0.6) is 0 Å². The zero-order valence-corrected chi connectivity index (χ0v) is 18.9. The van der Waals surface area contributed by atoms with Crippen LogP contribution in [0.3, 0.4) is 0 Å². The van der Waals surface area contributed by atoms with Crippen molar-refractivity contribution >= 4 is 8.32 Å². The van der Waals surface area contributed by atoms with Crippen LogP contribution in [0, 0.1) is 0 Å². The fourth-order valence-electron chi connectivity index (χ4n) is 2.65. The molecule has 0 aliphatic rings. The first kappa shape index (κ1) is 22.8. The Morgan fingerprint density at radius 1 is 1.18 bits per heavy atom. The highest BCUT2D eigenvalue weighted by atomic mass is 28.4. The number of aliphatic hydroxyl groups is 1. The second kappa shape index (κ2) is 9.80. The molecule has 6 nitrogen and oxygen atoms in total. The number of aliphatic hydroxyl groups excluding tert-OH is 1. The third kappa shape index (κ3) is 5.99. The number of imidazole rings is 1. The van der Waals surface area contributed by atoms with Gasteiger partial charge in [0.15, 0.2) is 8.32 Å². The van der Waals surface area contributed by atoms with Crippen LogP contribution in [0.1, 0.15) is 38.1 Å². The van der Waals surface area contributed by atoms with Crippen LogP contribution < -0.4 is 0 Å². The van der Waals surface area contributed by atoms with Crippen LogP contribution in [0.25, 0.3) is 0 Å². The number of hydrogen-bond donors (Lipinski definition) is 1. The molecule has 2 atom stereocenters. The van der Waals surface area contributed by atoms with E-state index in [9.17, 15) is 5.11 Å². The lowest BCUT2D eigenvalue weighted by atomic mass is 10.1. The molecule has 7 heteroatoms. The van der Waals surface area contributed by atoms with Crippen molar-refractivity contribution in [1.29, 1.82) is 0 Å². The van der Waals surface area contributed by atoms with Gasteiger partial charge in [-0.3, -0.25) is 0 Å². The molecule has 0 unspecified atom stereocenters. The van der Waals surface area contributed by atoms with Gasteiger partial charge in [0, 0.05) is 13.7 Å². The predicted molar refractivity (Wildman–Crippen MR) is 113 cm³/mol. The van der Waals surface area contributed by atoms with E-state index in [1.165, 1.54) is 0 Å². The fourth-order valence-corrected chi connectivity index (χ4v) is 3.92. The zero-order chi connectivity index (χ0) is 20.8. The van der Waals surface area contributed by atoms with Gasteiger partial charge < -0.3 is 23.6 Å². The van der Waals surface area contributed by atoms with Crippen LogP contribution in [-0.4, -0.2) is 49.6 Å². The highest BCUT2D eigenvalue weighted by molar-refractivity contribution is 6.74. The maximum absolute atomic E-state index is 10.9. The van der Waals surface area contributed by atoms with Crippen molar-refractivity contribution < 1.29 is 19.0 Å². The minimum absolute atomic E-state index is 0.0165. The first-order valence-electron chi connectivity index (χ1n) is 9.62. The smallest absolute Gasteiger partial charge is 0.193 e. The second-order valence-electron chi connectivity index (χ2n) is 8.58. The van der Waals surface area contributed by atoms with Crippen molar-refractivity contribution in [3.8, 4) is 0 Å². The summed E-state index contributed by atoms with van der Waals surface area (Å²) in [5, 5.41) is 10.9. The number of hydrogen-bond acceptors (Lipinski definition) is 5. The summed E-state index contributed by atoms with van der Waals surface area (Å²) in [7, 11) is -0.577. The molecule has 28 heavy (non-hydrogen) atoms. The lowest BCUT2D eigenvalue weighted by Crippen LogP contribution is -2.45. The summed E-state index contributed by atoms with van der Waals surface area (Å²) < 4.78 is 19.0. The van der Waals surface area contributed by atoms with E-state index in [0.29, 0.717) is 6.54 Å². The maximum Gasteiger partial charge on any atom is 0.193 e. The highest BCUT2D eigenvalue weighted by Crippen LogP contribution is 2.40. The third-order valence-electron chi connectivity index (χ3n) is 5.30. The van der Waals surface area contributed by atoms with Crippen molar-refractivity contribution in [3.63, 3.8) is 0 Å². The van der Waals surface area contributed by atoms with Gasteiger partial charge in [-0.05, 0) is 23.7 Å². The topological polar surface area (TPSA) is 65.7 Å². The van der Waals surface area contributed by atoms with E-state index >= 15 is 0 Å². The zero-order valence-electron chi connectivity index (χ0n) is 17.9. The molecule has 0 aliphatic carbocycles. The summed E-state index contributed by atoms with van der Waals surface area (Å²) in [6.45, 7) is 11.8. The normalized spacial score (nSPS) is 14.8. The van der Waals surface area contributed by atoms with Gasteiger partial charge in [-0.1, -0.05) is 51.1 Å². The Hall–Kier alpha value is -1.51. The first-order chi connectivity index (χ1) is 13.2. The molecule has 2 rings (SSSR count). The number of nitrogens with zero attached hydrogens (tertiary/aromatic N) is 2. The number of benzene rings is 1. The van der Waals surface area contributed by atoms with E-state index in [1.54, 1.807) is 19.6 Å². The van der Waals surface area contributed by atoms with E-state index in [2.05, 4.69) is 51.0 Å². The van der Waals surface area contributed by atoms with E-state index in [0.717, 1.165) is 11.3 Å². The first-order valence-corrected chi connectivity index (χ1v) is 12.5. The van der Waals surface area contributed by atoms with E-state index < -0.39 is 20.5 Å². The molecule has 0 amide bonds. The predicted octanol–water partition coefficient (Wildman–Crippen LogP) is 3.98. The number of methoxy groups -OCH3 is 1. The fraction of sp³-hybridized carbons (Fsp3) is 0.571. The molecular formula is C21H34N2O4Si. The van der Waals surface area contributed by atoms with Crippen LogP contribution >= 0.6 is 0 Å². The van der Waals surface area contributed by atoms with Crippen molar-refractivity contribution in [1.82, 2.24) is 9.55 Å². The van der Waals surface area contributed by atoms with Crippen molar-refractivity contribution in [2.24, 2.45) is 0 Å². The third-order valence-corrected chi connectivity index (χ3v) is 9.75. The van der Waals surface area contributed by atoms with E-state index in [4.69, 9.17) is 13.9 Å². The molecule has 1 aromatic carbocycles. The van der Waals surface area contributed by atoms with Crippen LogP contribution in [0.15, 0.2) is 42.9 Å². The quantitative estimate of drug-likeness (QED) is 0.367. The molecule has 0 spiro atoms. The number of ether oxygens (including phenoxy) is 2. The Morgan fingerprint density at radius 2 is 1.86 bits per heavy atom. The van der Waals surface area contributed by atoms with Crippen LogP contribution in [0.2, 0.25) is 18.1 Å². The Morgan fingerprint density at radius 3 is 2.46 bits per heavy atom. The van der Waals surface area contributed by atoms with Crippen molar-refractivity contribution in [3.05, 3.63) is 54.1 Å². The van der Waals surface area contributed by atoms with Gasteiger partial charge in [0.1, 0.15) is 19.0 Å². The summed E-state index contributed by atoms with van der Waals surface area (Å²) >= 11 is 0.